The number of likely N-dealkylation sites (N-methyl/N-ethyl adjacent to an activating group) is 1. The van der Waals surface area contributed by atoms with Gasteiger partial charge in [-0.1, -0.05) is 0 Å². The van der Waals surface area contributed by atoms with Crippen LogP contribution in [0.25, 0.3) is 0 Å². The molecule has 1 unspecified atom stereocenters. The Hall–Kier alpha value is -1.55. The van der Waals surface area contributed by atoms with Gasteiger partial charge in [0.05, 0.1) is 0 Å². The number of nitrogens with zero attached hydrogens (tertiary/aromatic N) is 2. The molecule has 1 aliphatic heterocycles. The lowest BCUT2D eigenvalue weighted by molar-refractivity contribution is 0.0635. The van der Waals surface area contributed by atoms with Gasteiger partial charge in [-0.25, -0.2) is 0 Å². The standard InChI is InChI=1S/C16H25N3O/c1-12-10-13(7-8-15(12)17-2)16(20)19-9-5-6-14(11-19)18(3)4/h7-8,10,14,17H,5-6,9,11H2,1-4H3. The zero-order valence-electron chi connectivity index (χ0n) is 12.9. The number of piperidine rings is 1. The number of carbonyl (C=O) groups is 1. The Balaban J connectivity index is 2.12. The Bertz CT molecular complexity index is 485. The Morgan fingerprint density at radius 1 is 1.40 bits per heavy atom. The maximum Gasteiger partial charge on any atom is 0.253 e. The van der Waals surface area contributed by atoms with Gasteiger partial charge in [0.25, 0.3) is 5.91 Å². The van der Waals surface area contributed by atoms with Crippen molar-refractivity contribution in [2.24, 2.45) is 0 Å². The van der Waals surface area contributed by atoms with Crippen molar-refractivity contribution in [3.63, 3.8) is 0 Å². The summed E-state index contributed by atoms with van der Waals surface area (Å²) in [6, 6.07) is 6.36. The number of aryl methyl sites for hydroxylation is 1. The van der Waals surface area contributed by atoms with Crippen molar-refractivity contribution in [2.75, 3.05) is 39.5 Å². The fourth-order valence-electron chi connectivity index (χ4n) is 2.82. The summed E-state index contributed by atoms with van der Waals surface area (Å²) in [6.07, 6.45) is 2.26. The largest absolute Gasteiger partial charge is 0.388 e. The topological polar surface area (TPSA) is 35.6 Å². The van der Waals surface area contributed by atoms with Gasteiger partial charge in [0, 0.05) is 37.4 Å². The average Bonchev–Trinajstić information content (AvgIpc) is 2.46. The summed E-state index contributed by atoms with van der Waals surface area (Å²) < 4.78 is 0. The smallest absolute Gasteiger partial charge is 0.253 e. The van der Waals surface area contributed by atoms with Crippen molar-refractivity contribution in [3.8, 4) is 0 Å². The maximum atomic E-state index is 12.6. The van der Waals surface area contributed by atoms with Crippen LogP contribution in [0.3, 0.4) is 0 Å². The minimum absolute atomic E-state index is 0.155. The second kappa shape index (κ2) is 6.27. The molecule has 0 saturated carbocycles. The Morgan fingerprint density at radius 3 is 2.75 bits per heavy atom. The van der Waals surface area contributed by atoms with Crippen LogP contribution in [0.15, 0.2) is 18.2 Å². The molecule has 1 saturated heterocycles. The molecule has 0 aliphatic carbocycles. The summed E-state index contributed by atoms with van der Waals surface area (Å²) in [5.74, 6) is 0.155. The number of rotatable bonds is 3. The summed E-state index contributed by atoms with van der Waals surface area (Å²) in [5, 5.41) is 3.13. The zero-order valence-corrected chi connectivity index (χ0v) is 12.9. The lowest BCUT2D eigenvalue weighted by Crippen LogP contribution is -2.47. The fraction of sp³-hybridized carbons (Fsp3) is 0.562. The Morgan fingerprint density at radius 2 is 2.15 bits per heavy atom. The van der Waals surface area contributed by atoms with E-state index in [-0.39, 0.29) is 5.91 Å². The molecule has 4 nitrogen and oxygen atoms in total. The molecule has 2 rings (SSSR count). The van der Waals surface area contributed by atoms with Crippen molar-refractivity contribution in [3.05, 3.63) is 29.3 Å². The first kappa shape index (κ1) is 14.9. The number of amides is 1. The van der Waals surface area contributed by atoms with Gasteiger partial charge >= 0.3 is 0 Å². The van der Waals surface area contributed by atoms with E-state index >= 15 is 0 Å². The third kappa shape index (κ3) is 3.12. The van der Waals surface area contributed by atoms with E-state index in [0.717, 1.165) is 36.3 Å². The van der Waals surface area contributed by atoms with Gasteiger partial charge in [0.15, 0.2) is 0 Å². The molecule has 1 aliphatic rings. The first-order valence-electron chi connectivity index (χ1n) is 7.27. The molecular formula is C16H25N3O. The van der Waals surface area contributed by atoms with E-state index in [1.807, 2.05) is 37.1 Å². The normalized spacial score (nSPS) is 19.2. The van der Waals surface area contributed by atoms with Crippen LogP contribution in [-0.2, 0) is 0 Å². The maximum absolute atomic E-state index is 12.6. The summed E-state index contributed by atoms with van der Waals surface area (Å²) in [4.78, 5) is 16.8. The third-order valence-corrected chi connectivity index (χ3v) is 4.16. The predicted molar refractivity (Wildman–Crippen MR) is 83.3 cm³/mol. The molecule has 1 heterocycles. The van der Waals surface area contributed by atoms with Gasteiger partial charge in [-0.2, -0.15) is 0 Å². The molecule has 0 radical (unpaired) electrons. The highest BCUT2D eigenvalue weighted by atomic mass is 16.2. The van der Waals surface area contributed by atoms with Crippen molar-refractivity contribution >= 4 is 11.6 Å². The van der Waals surface area contributed by atoms with Gasteiger partial charge in [-0.15, -0.1) is 0 Å². The monoisotopic (exact) mass is 275 g/mol. The summed E-state index contributed by atoms with van der Waals surface area (Å²) >= 11 is 0. The second-order valence-electron chi connectivity index (χ2n) is 5.79. The SMILES string of the molecule is CNc1ccc(C(=O)N2CCCC(N(C)C)C2)cc1C. The average molecular weight is 275 g/mol. The summed E-state index contributed by atoms with van der Waals surface area (Å²) in [7, 11) is 6.07. The lowest BCUT2D eigenvalue weighted by atomic mass is 10.0. The number of carbonyl (C=O) groups excluding carboxylic acids is 1. The number of likely N-dealkylation sites (tertiary alicyclic amines) is 1. The fourth-order valence-corrected chi connectivity index (χ4v) is 2.82. The Kier molecular flexibility index (Phi) is 4.65. The van der Waals surface area contributed by atoms with Crippen LogP contribution in [0.1, 0.15) is 28.8 Å². The number of hydrogen-bond acceptors (Lipinski definition) is 3. The minimum atomic E-state index is 0.155. The molecule has 0 bridgehead atoms. The van der Waals surface area contributed by atoms with Crippen LogP contribution < -0.4 is 5.32 Å². The van der Waals surface area contributed by atoms with Gasteiger partial charge in [-0.05, 0) is 57.6 Å². The van der Waals surface area contributed by atoms with Gasteiger partial charge < -0.3 is 15.1 Å². The van der Waals surface area contributed by atoms with Crippen molar-refractivity contribution in [1.82, 2.24) is 9.80 Å². The van der Waals surface area contributed by atoms with E-state index in [2.05, 4.69) is 24.3 Å². The first-order valence-corrected chi connectivity index (χ1v) is 7.27. The Labute approximate surface area is 121 Å². The summed E-state index contributed by atoms with van der Waals surface area (Å²) in [6.45, 7) is 3.73. The van der Waals surface area contributed by atoms with Crippen LogP contribution in [0, 0.1) is 6.92 Å². The molecule has 0 aromatic heterocycles. The van der Waals surface area contributed by atoms with E-state index in [1.165, 1.54) is 6.42 Å². The van der Waals surface area contributed by atoms with Crippen LogP contribution in [0.5, 0.6) is 0 Å². The van der Waals surface area contributed by atoms with E-state index in [1.54, 1.807) is 0 Å². The van der Waals surface area contributed by atoms with Crippen molar-refractivity contribution < 1.29 is 4.79 Å². The molecule has 4 heteroatoms. The van der Waals surface area contributed by atoms with E-state index in [4.69, 9.17) is 0 Å². The number of nitrogens with one attached hydrogen (secondary N) is 1. The molecule has 1 aromatic carbocycles. The highest BCUT2D eigenvalue weighted by molar-refractivity contribution is 5.95. The predicted octanol–water partition coefficient (Wildman–Crippen LogP) is 2.20. The molecule has 1 aromatic rings. The lowest BCUT2D eigenvalue weighted by Gasteiger charge is -2.36. The van der Waals surface area contributed by atoms with Crippen molar-refractivity contribution in [1.29, 1.82) is 0 Å². The summed E-state index contributed by atoms with van der Waals surface area (Å²) in [5.41, 5.74) is 2.98. The van der Waals surface area contributed by atoms with Crippen LogP contribution in [0.4, 0.5) is 5.69 Å². The number of hydrogen-bond donors (Lipinski definition) is 1. The quantitative estimate of drug-likeness (QED) is 0.918. The van der Waals surface area contributed by atoms with E-state index in [9.17, 15) is 4.79 Å². The number of anilines is 1. The van der Waals surface area contributed by atoms with Gasteiger partial charge in [0.1, 0.15) is 0 Å². The zero-order chi connectivity index (χ0) is 14.7. The third-order valence-electron chi connectivity index (χ3n) is 4.16. The second-order valence-corrected chi connectivity index (χ2v) is 5.79. The van der Waals surface area contributed by atoms with Gasteiger partial charge in [-0.3, -0.25) is 4.79 Å². The van der Waals surface area contributed by atoms with Crippen LogP contribution in [-0.4, -0.2) is 56.0 Å². The highest BCUT2D eigenvalue weighted by Crippen LogP contribution is 2.20. The van der Waals surface area contributed by atoms with E-state index < -0.39 is 0 Å². The molecule has 0 spiro atoms. The molecule has 1 atom stereocenters. The van der Waals surface area contributed by atoms with E-state index in [0.29, 0.717) is 6.04 Å². The van der Waals surface area contributed by atoms with Gasteiger partial charge in [0.2, 0.25) is 0 Å². The highest BCUT2D eigenvalue weighted by Gasteiger charge is 2.25. The van der Waals surface area contributed by atoms with Crippen LogP contribution >= 0.6 is 0 Å². The van der Waals surface area contributed by atoms with Crippen LogP contribution in [0.2, 0.25) is 0 Å². The molecule has 110 valence electrons. The first-order chi connectivity index (χ1) is 9.52. The van der Waals surface area contributed by atoms with Crippen molar-refractivity contribution in [2.45, 2.75) is 25.8 Å². The molecular weight excluding hydrogens is 250 g/mol. The minimum Gasteiger partial charge on any atom is -0.388 e. The molecule has 1 N–H and O–H groups in total. The molecule has 1 amide bonds. The molecule has 1 fully saturated rings. The molecule has 20 heavy (non-hydrogen) atoms. The number of benzene rings is 1.